The van der Waals surface area contributed by atoms with Crippen LogP contribution in [0.3, 0.4) is 0 Å². The highest BCUT2D eigenvalue weighted by molar-refractivity contribution is 7.10. The van der Waals surface area contributed by atoms with Gasteiger partial charge in [0.2, 0.25) is 0 Å². The number of hydrogen-bond acceptors (Lipinski definition) is 2. The van der Waals surface area contributed by atoms with Crippen molar-refractivity contribution in [2.75, 3.05) is 0 Å². The zero-order chi connectivity index (χ0) is 13.3. The monoisotopic (exact) mass is 284 g/mol. The van der Waals surface area contributed by atoms with Crippen LogP contribution in [0.1, 0.15) is 22.9 Å². The Balaban J connectivity index is 2.33. The van der Waals surface area contributed by atoms with Crippen LogP contribution in [0.5, 0.6) is 0 Å². The van der Waals surface area contributed by atoms with Gasteiger partial charge in [-0.05, 0) is 54.6 Å². The van der Waals surface area contributed by atoms with E-state index in [0.717, 1.165) is 10.4 Å². The molecule has 0 amide bonds. The van der Waals surface area contributed by atoms with Crippen LogP contribution in [0.15, 0.2) is 29.6 Å². The quantitative estimate of drug-likeness (QED) is 0.891. The summed E-state index contributed by atoms with van der Waals surface area (Å²) in [6.45, 7) is 3.68. The summed E-state index contributed by atoms with van der Waals surface area (Å²) < 4.78 is 13.2. The van der Waals surface area contributed by atoms with Crippen molar-refractivity contribution in [2.24, 2.45) is 0 Å². The second kappa shape index (κ2) is 5.00. The average Bonchev–Trinajstić information content (AvgIpc) is 2.70. The van der Waals surface area contributed by atoms with Gasteiger partial charge in [0.25, 0.3) is 0 Å². The molecule has 4 heteroatoms. The molecule has 0 aliphatic carbocycles. The van der Waals surface area contributed by atoms with Crippen molar-refractivity contribution in [3.8, 4) is 0 Å². The average molecular weight is 285 g/mol. The van der Waals surface area contributed by atoms with E-state index in [9.17, 15) is 9.50 Å². The van der Waals surface area contributed by atoms with E-state index in [2.05, 4.69) is 0 Å². The maximum Gasteiger partial charge on any atom is 0.123 e. The summed E-state index contributed by atoms with van der Waals surface area (Å²) in [5.74, 6) is -0.340. The number of rotatable bonds is 3. The highest BCUT2D eigenvalue weighted by atomic mass is 35.5. The zero-order valence-corrected chi connectivity index (χ0v) is 11.8. The first kappa shape index (κ1) is 13.5. The predicted molar refractivity (Wildman–Crippen MR) is 73.7 cm³/mol. The summed E-state index contributed by atoms with van der Waals surface area (Å²) >= 11 is 7.53. The largest absolute Gasteiger partial charge is 0.384 e. The van der Waals surface area contributed by atoms with Gasteiger partial charge in [0.05, 0.1) is 0 Å². The van der Waals surface area contributed by atoms with Crippen molar-refractivity contribution in [3.05, 3.63) is 56.5 Å². The van der Waals surface area contributed by atoms with Crippen LogP contribution in [-0.2, 0) is 12.0 Å². The van der Waals surface area contributed by atoms with Gasteiger partial charge >= 0.3 is 0 Å². The molecular formula is C14H14ClFOS. The van der Waals surface area contributed by atoms with Gasteiger partial charge in [-0.3, -0.25) is 0 Å². The van der Waals surface area contributed by atoms with Gasteiger partial charge in [-0.1, -0.05) is 11.6 Å². The lowest BCUT2D eigenvalue weighted by atomic mass is 9.93. The molecule has 1 aromatic heterocycles. The summed E-state index contributed by atoms with van der Waals surface area (Å²) in [5, 5.41) is 13.0. The fourth-order valence-electron chi connectivity index (χ4n) is 2.05. The maximum atomic E-state index is 13.2. The van der Waals surface area contributed by atoms with E-state index >= 15 is 0 Å². The minimum Gasteiger partial charge on any atom is -0.384 e. The molecule has 0 aliphatic rings. The number of halogens is 2. The van der Waals surface area contributed by atoms with E-state index in [1.165, 1.54) is 29.5 Å². The third kappa shape index (κ3) is 2.74. The van der Waals surface area contributed by atoms with E-state index in [4.69, 9.17) is 11.6 Å². The van der Waals surface area contributed by atoms with Gasteiger partial charge < -0.3 is 5.11 Å². The molecule has 1 heterocycles. The Kier molecular flexibility index (Phi) is 3.76. The summed E-state index contributed by atoms with van der Waals surface area (Å²) in [7, 11) is 0. The molecular weight excluding hydrogens is 271 g/mol. The van der Waals surface area contributed by atoms with Crippen LogP contribution in [-0.4, -0.2) is 5.11 Å². The molecule has 0 saturated carbocycles. The fourth-order valence-corrected chi connectivity index (χ4v) is 3.23. The van der Waals surface area contributed by atoms with E-state index in [1.54, 1.807) is 6.92 Å². The Hall–Kier alpha value is -0.900. The predicted octanol–water partition coefficient (Wildman–Crippen LogP) is 4.30. The van der Waals surface area contributed by atoms with Crippen molar-refractivity contribution in [2.45, 2.75) is 25.9 Å². The molecule has 0 radical (unpaired) electrons. The van der Waals surface area contributed by atoms with Crippen LogP contribution in [0.25, 0.3) is 0 Å². The van der Waals surface area contributed by atoms with E-state index < -0.39 is 5.60 Å². The molecule has 1 nitrogen and oxygen atoms in total. The summed E-state index contributed by atoms with van der Waals surface area (Å²) in [6, 6.07) is 6.17. The summed E-state index contributed by atoms with van der Waals surface area (Å²) in [5.41, 5.74) is 0.627. The van der Waals surface area contributed by atoms with Gasteiger partial charge in [-0.25, -0.2) is 4.39 Å². The van der Waals surface area contributed by atoms with Crippen LogP contribution < -0.4 is 0 Å². The lowest BCUT2D eigenvalue weighted by Gasteiger charge is -2.23. The Morgan fingerprint density at radius 2 is 2.11 bits per heavy atom. The SMILES string of the molecule is Cc1ccsc1C(C)(O)Cc1cc(F)ccc1Cl. The van der Waals surface area contributed by atoms with Gasteiger partial charge in [0.1, 0.15) is 11.4 Å². The van der Waals surface area contributed by atoms with E-state index in [0.29, 0.717) is 17.0 Å². The van der Waals surface area contributed by atoms with Crippen molar-refractivity contribution >= 4 is 22.9 Å². The van der Waals surface area contributed by atoms with Crippen LogP contribution in [0.4, 0.5) is 4.39 Å². The van der Waals surface area contributed by atoms with Crippen molar-refractivity contribution in [3.63, 3.8) is 0 Å². The lowest BCUT2D eigenvalue weighted by Crippen LogP contribution is -2.24. The normalized spacial score (nSPS) is 14.5. The Bertz CT molecular complexity index is 563. The van der Waals surface area contributed by atoms with Crippen molar-refractivity contribution in [1.29, 1.82) is 0 Å². The van der Waals surface area contributed by atoms with Gasteiger partial charge in [-0.2, -0.15) is 0 Å². The zero-order valence-electron chi connectivity index (χ0n) is 10.2. The third-order valence-corrected chi connectivity index (χ3v) is 4.53. The molecule has 18 heavy (non-hydrogen) atoms. The van der Waals surface area contributed by atoms with Crippen molar-refractivity contribution in [1.82, 2.24) is 0 Å². The highest BCUT2D eigenvalue weighted by Crippen LogP contribution is 2.33. The second-order valence-electron chi connectivity index (χ2n) is 4.62. The van der Waals surface area contributed by atoms with Gasteiger partial charge in [0.15, 0.2) is 0 Å². The minimum atomic E-state index is -1.03. The van der Waals surface area contributed by atoms with Crippen molar-refractivity contribution < 1.29 is 9.50 Å². The van der Waals surface area contributed by atoms with Crippen LogP contribution in [0.2, 0.25) is 5.02 Å². The molecule has 1 unspecified atom stereocenters. The summed E-state index contributed by atoms with van der Waals surface area (Å²) in [6.07, 6.45) is 0.297. The number of benzene rings is 1. The Morgan fingerprint density at radius 3 is 2.72 bits per heavy atom. The molecule has 2 rings (SSSR count). The first-order chi connectivity index (χ1) is 8.40. The summed E-state index contributed by atoms with van der Waals surface area (Å²) in [4.78, 5) is 0.892. The molecule has 2 aromatic rings. The first-order valence-corrected chi connectivity index (χ1v) is 6.87. The molecule has 0 saturated heterocycles. The molecule has 96 valence electrons. The molecule has 0 spiro atoms. The van der Waals surface area contributed by atoms with E-state index in [1.807, 2.05) is 18.4 Å². The number of aliphatic hydroxyl groups is 1. The Morgan fingerprint density at radius 1 is 1.39 bits per heavy atom. The first-order valence-electron chi connectivity index (χ1n) is 5.61. The van der Waals surface area contributed by atoms with Gasteiger partial charge in [0, 0.05) is 16.3 Å². The molecule has 1 aromatic carbocycles. The highest BCUT2D eigenvalue weighted by Gasteiger charge is 2.27. The lowest BCUT2D eigenvalue weighted by molar-refractivity contribution is 0.0609. The number of thiophene rings is 1. The molecule has 1 atom stereocenters. The topological polar surface area (TPSA) is 20.2 Å². The molecule has 0 fully saturated rings. The number of hydrogen-bond donors (Lipinski definition) is 1. The fraction of sp³-hybridized carbons (Fsp3) is 0.286. The van der Waals surface area contributed by atoms with Crippen LogP contribution in [0, 0.1) is 12.7 Å². The minimum absolute atomic E-state index is 0.297. The molecule has 1 N–H and O–H groups in total. The van der Waals surface area contributed by atoms with E-state index in [-0.39, 0.29) is 5.82 Å². The van der Waals surface area contributed by atoms with Gasteiger partial charge in [-0.15, -0.1) is 11.3 Å². The second-order valence-corrected chi connectivity index (χ2v) is 5.94. The van der Waals surface area contributed by atoms with Crippen LogP contribution >= 0.6 is 22.9 Å². The molecule has 0 bridgehead atoms. The molecule has 0 aliphatic heterocycles. The third-order valence-electron chi connectivity index (χ3n) is 2.89. The number of aryl methyl sites for hydroxylation is 1. The maximum absolute atomic E-state index is 13.2. The Labute approximate surface area is 115 Å². The standard InChI is InChI=1S/C14H14ClFOS/c1-9-5-6-18-13(9)14(2,17)8-10-7-11(16)3-4-12(10)15/h3-7,17H,8H2,1-2H3. The smallest absolute Gasteiger partial charge is 0.123 e.